The van der Waals surface area contributed by atoms with Crippen LogP contribution in [-0.2, 0) is 7.05 Å². The lowest BCUT2D eigenvalue weighted by atomic mass is 10.0. The Morgan fingerprint density at radius 2 is 2.09 bits per heavy atom. The topological polar surface area (TPSA) is 58.4 Å². The minimum atomic E-state index is -0.0435. The maximum absolute atomic E-state index is 12.6. The van der Waals surface area contributed by atoms with Crippen molar-refractivity contribution in [3.05, 3.63) is 42.4 Å². The highest BCUT2D eigenvalue weighted by atomic mass is 16.3. The van der Waals surface area contributed by atoms with E-state index in [4.69, 9.17) is 0 Å². The molecule has 1 aliphatic rings. The number of carbonyl (C=O) groups excluding carboxylic acids is 1. The molecule has 1 aliphatic heterocycles. The maximum Gasteiger partial charge on any atom is 0.254 e. The van der Waals surface area contributed by atoms with Crippen LogP contribution in [0.2, 0.25) is 0 Å². The Kier molecular flexibility index (Phi) is 4.24. The zero-order valence-electron chi connectivity index (χ0n) is 12.8. The van der Waals surface area contributed by atoms with Gasteiger partial charge >= 0.3 is 0 Å². The molecule has 1 atom stereocenters. The predicted molar refractivity (Wildman–Crippen MR) is 84.4 cm³/mol. The van der Waals surface area contributed by atoms with E-state index < -0.39 is 0 Å². The Morgan fingerprint density at radius 3 is 2.73 bits per heavy atom. The predicted octanol–water partition coefficient (Wildman–Crippen LogP) is 2.07. The number of aryl methyl sites for hydroxylation is 1. The number of rotatable bonds is 3. The third-order valence-electron chi connectivity index (χ3n) is 4.34. The molecule has 1 aromatic heterocycles. The van der Waals surface area contributed by atoms with Gasteiger partial charge in [0.05, 0.1) is 30.9 Å². The molecule has 2 aromatic rings. The number of carbonyl (C=O) groups is 1. The summed E-state index contributed by atoms with van der Waals surface area (Å²) in [4.78, 5) is 18.5. The number of hydrogen-bond donors (Lipinski definition) is 1. The first-order valence-electron chi connectivity index (χ1n) is 7.69. The van der Waals surface area contributed by atoms with E-state index in [2.05, 4.69) is 4.98 Å². The lowest BCUT2D eigenvalue weighted by molar-refractivity contribution is 0.0503. The monoisotopic (exact) mass is 299 g/mol. The SMILES string of the molecule is Cn1cncc1-c1ccc(C(=O)N2CCCC[C@@H]2CO)cc1. The van der Waals surface area contributed by atoms with E-state index in [1.54, 1.807) is 6.33 Å². The molecule has 1 aromatic carbocycles. The Bertz CT molecular complexity index is 648. The first-order valence-corrected chi connectivity index (χ1v) is 7.69. The zero-order valence-corrected chi connectivity index (χ0v) is 12.8. The van der Waals surface area contributed by atoms with Crippen molar-refractivity contribution in [2.45, 2.75) is 25.3 Å². The highest BCUT2D eigenvalue weighted by Crippen LogP contribution is 2.22. The van der Waals surface area contributed by atoms with Gasteiger partial charge in [0.15, 0.2) is 0 Å². The molecule has 22 heavy (non-hydrogen) atoms. The van der Waals surface area contributed by atoms with Crippen LogP contribution in [0.3, 0.4) is 0 Å². The van der Waals surface area contributed by atoms with E-state index in [-0.39, 0.29) is 18.6 Å². The number of aliphatic hydroxyl groups excluding tert-OH is 1. The van der Waals surface area contributed by atoms with Gasteiger partial charge in [-0.05, 0) is 37.0 Å². The van der Waals surface area contributed by atoms with Gasteiger partial charge in [0.25, 0.3) is 5.91 Å². The number of amides is 1. The van der Waals surface area contributed by atoms with Crippen molar-refractivity contribution in [2.75, 3.05) is 13.2 Å². The van der Waals surface area contributed by atoms with Crippen LogP contribution in [0.15, 0.2) is 36.8 Å². The van der Waals surface area contributed by atoms with E-state index >= 15 is 0 Å². The lowest BCUT2D eigenvalue weighted by Crippen LogP contribution is -2.45. The van der Waals surface area contributed by atoms with Crippen LogP contribution < -0.4 is 0 Å². The van der Waals surface area contributed by atoms with E-state index in [9.17, 15) is 9.90 Å². The zero-order chi connectivity index (χ0) is 15.5. The van der Waals surface area contributed by atoms with Crippen LogP contribution in [0.1, 0.15) is 29.6 Å². The molecule has 1 amide bonds. The molecule has 5 nitrogen and oxygen atoms in total. The third kappa shape index (κ3) is 2.76. The Labute approximate surface area is 130 Å². The van der Waals surface area contributed by atoms with Gasteiger partial charge < -0.3 is 14.6 Å². The first-order chi connectivity index (χ1) is 10.7. The van der Waals surface area contributed by atoms with Gasteiger partial charge in [0, 0.05) is 19.2 Å². The van der Waals surface area contributed by atoms with E-state index in [0.717, 1.165) is 37.1 Å². The van der Waals surface area contributed by atoms with Gasteiger partial charge in [0.1, 0.15) is 0 Å². The van der Waals surface area contributed by atoms with Gasteiger partial charge in [0.2, 0.25) is 0 Å². The lowest BCUT2D eigenvalue weighted by Gasteiger charge is -2.34. The molecular formula is C17H21N3O2. The molecule has 0 unspecified atom stereocenters. The van der Waals surface area contributed by atoms with Crippen LogP contribution in [0.4, 0.5) is 0 Å². The standard InChI is InChI=1S/C17H21N3O2/c1-19-12-18-10-16(19)13-5-7-14(8-6-13)17(22)20-9-3-2-4-15(20)11-21/h5-8,10,12,15,21H,2-4,9,11H2,1H3/t15-/m1/s1. The second-order valence-corrected chi connectivity index (χ2v) is 5.80. The maximum atomic E-state index is 12.6. The van der Waals surface area contributed by atoms with Crippen molar-refractivity contribution in [1.29, 1.82) is 0 Å². The number of piperidine rings is 1. The average molecular weight is 299 g/mol. The molecule has 0 radical (unpaired) electrons. The van der Waals surface area contributed by atoms with Gasteiger partial charge in [-0.2, -0.15) is 0 Å². The molecule has 0 saturated carbocycles. The quantitative estimate of drug-likeness (QED) is 0.944. The fourth-order valence-electron chi connectivity index (χ4n) is 3.04. The number of imidazole rings is 1. The Morgan fingerprint density at radius 1 is 1.32 bits per heavy atom. The second kappa shape index (κ2) is 6.32. The summed E-state index contributed by atoms with van der Waals surface area (Å²) in [7, 11) is 1.95. The number of aliphatic hydroxyl groups is 1. The van der Waals surface area contributed by atoms with Crippen LogP contribution in [0.25, 0.3) is 11.3 Å². The van der Waals surface area contributed by atoms with E-state index in [1.807, 2.05) is 47.0 Å². The molecule has 1 N–H and O–H groups in total. The molecule has 0 aliphatic carbocycles. The van der Waals surface area contributed by atoms with Crippen LogP contribution in [-0.4, -0.2) is 44.7 Å². The Balaban J connectivity index is 1.80. The number of likely N-dealkylation sites (tertiary alicyclic amines) is 1. The summed E-state index contributed by atoms with van der Waals surface area (Å²) in [5, 5.41) is 9.45. The van der Waals surface area contributed by atoms with Crippen molar-refractivity contribution >= 4 is 5.91 Å². The van der Waals surface area contributed by atoms with Crippen molar-refractivity contribution in [2.24, 2.45) is 7.05 Å². The summed E-state index contributed by atoms with van der Waals surface area (Å²) >= 11 is 0. The molecule has 3 rings (SSSR count). The first kappa shape index (κ1) is 14.8. The van der Waals surface area contributed by atoms with Gasteiger partial charge in [-0.15, -0.1) is 0 Å². The molecule has 0 bridgehead atoms. The molecule has 5 heteroatoms. The number of nitrogens with zero attached hydrogens (tertiary/aromatic N) is 3. The Hall–Kier alpha value is -2.14. The van der Waals surface area contributed by atoms with Crippen LogP contribution in [0, 0.1) is 0 Å². The normalized spacial score (nSPS) is 18.5. The van der Waals surface area contributed by atoms with E-state index in [1.165, 1.54) is 0 Å². The minimum absolute atomic E-state index is 0.00954. The molecule has 2 heterocycles. The molecule has 1 fully saturated rings. The average Bonchev–Trinajstić information content (AvgIpc) is 3.00. The van der Waals surface area contributed by atoms with E-state index in [0.29, 0.717) is 5.56 Å². The van der Waals surface area contributed by atoms with Crippen molar-refractivity contribution in [3.63, 3.8) is 0 Å². The third-order valence-corrected chi connectivity index (χ3v) is 4.34. The second-order valence-electron chi connectivity index (χ2n) is 5.80. The number of aromatic nitrogens is 2. The summed E-state index contributed by atoms with van der Waals surface area (Å²) in [5.74, 6) is 0.00954. The van der Waals surface area contributed by atoms with Crippen molar-refractivity contribution in [3.8, 4) is 11.3 Å². The minimum Gasteiger partial charge on any atom is -0.394 e. The van der Waals surface area contributed by atoms with Crippen LogP contribution >= 0.6 is 0 Å². The molecule has 1 saturated heterocycles. The molecular weight excluding hydrogens is 278 g/mol. The largest absolute Gasteiger partial charge is 0.394 e. The van der Waals surface area contributed by atoms with Crippen molar-refractivity contribution in [1.82, 2.24) is 14.5 Å². The fourth-order valence-corrected chi connectivity index (χ4v) is 3.04. The summed E-state index contributed by atoms with van der Waals surface area (Å²) in [6.07, 6.45) is 6.54. The molecule has 0 spiro atoms. The van der Waals surface area contributed by atoms with Crippen molar-refractivity contribution < 1.29 is 9.90 Å². The number of hydrogen-bond acceptors (Lipinski definition) is 3. The summed E-state index contributed by atoms with van der Waals surface area (Å²) in [6, 6.07) is 7.56. The van der Waals surface area contributed by atoms with Crippen LogP contribution in [0.5, 0.6) is 0 Å². The van der Waals surface area contributed by atoms with Gasteiger partial charge in [-0.3, -0.25) is 4.79 Å². The summed E-state index contributed by atoms with van der Waals surface area (Å²) < 4.78 is 1.95. The molecule has 116 valence electrons. The van der Waals surface area contributed by atoms with Gasteiger partial charge in [-0.25, -0.2) is 4.98 Å². The van der Waals surface area contributed by atoms with Gasteiger partial charge in [-0.1, -0.05) is 12.1 Å². The summed E-state index contributed by atoms with van der Waals surface area (Å²) in [6.45, 7) is 0.770. The number of benzene rings is 1. The smallest absolute Gasteiger partial charge is 0.254 e. The highest BCUT2D eigenvalue weighted by molar-refractivity contribution is 5.95. The fraction of sp³-hybridized carbons (Fsp3) is 0.412. The summed E-state index contributed by atoms with van der Waals surface area (Å²) in [5.41, 5.74) is 2.73. The highest BCUT2D eigenvalue weighted by Gasteiger charge is 2.26.